The van der Waals surface area contributed by atoms with Crippen molar-refractivity contribution in [3.05, 3.63) is 72.2 Å². The molecule has 2 aromatic heterocycles. The van der Waals surface area contributed by atoms with Crippen LogP contribution >= 0.6 is 0 Å². The number of benzene rings is 1. The Balaban J connectivity index is 1.41. The molecule has 3 aromatic rings. The molecule has 1 saturated heterocycles. The lowest BCUT2D eigenvalue weighted by Gasteiger charge is -2.34. The Labute approximate surface area is 146 Å². The van der Waals surface area contributed by atoms with E-state index in [1.807, 2.05) is 24.4 Å². The van der Waals surface area contributed by atoms with Crippen molar-refractivity contribution in [1.82, 2.24) is 19.6 Å². The van der Waals surface area contributed by atoms with Gasteiger partial charge in [0.1, 0.15) is 11.6 Å². The van der Waals surface area contributed by atoms with E-state index in [0.717, 1.165) is 56.3 Å². The Bertz CT molecular complexity index is 793. The van der Waals surface area contributed by atoms with Gasteiger partial charge in [-0.25, -0.2) is 9.07 Å². The van der Waals surface area contributed by atoms with E-state index in [-0.39, 0.29) is 5.82 Å². The molecule has 0 amide bonds. The van der Waals surface area contributed by atoms with Gasteiger partial charge in [-0.2, -0.15) is 5.10 Å². The molecule has 6 heteroatoms. The summed E-state index contributed by atoms with van der Waals surface area (Å²) in [5.74, 6) is 0.793. The second-order valence-electron chi connectivity index (χ2n) is 6.36. The van der Waals surface area contributed by atoms with Gasteiger partial charge >= 0.3 is 0 Å². The Hall–Kier alpha value is -2.44. The largest absolute Gasteiger partial charge is 0.468 e. The third-order valence-electron chi connectivity index (χ3n) is 4.61. The summed E-state index contributed by atoms with van der Waals surface area (Å²) in [5.41, 5.74) is 1.90. The van der Waals surface area contributed by atoms with Gasteiger partial charge in [0.15, 0.2) is 0 Å². The predicted octanol–water partition coefficient (Wildman–Crippen LogP) is 2.92. The van der Waals surface area contributed by atoms with Crippen LogP contribution in [-0.2, 0) is 13.1 Å². The van der Waals surface area contributed by atoms with Gasteiger partial charge < -0.3 is 4.42 Å². The highest BCUT2D eigenvalue weighted by Gasteiger charge is 2.19. The zero-order chi connectivity index (χ0) is 17.1. The van der Waals surface area contributed by atoms with Gasteiger partial charge in [0.2, 0.25) is 0 Å². The maximum atomic E-state index is 13.7. The van der Waals surface area contributed by atoms with Crippen molar-refractivity contribution in [3.63, 3.8) is 0 Å². The van der Waals surface area contributed by atoms with Crippen LogP contribution in [0.1, 0.15) is 11.3 Å². The Kier molecular flexibility index (Phi) is 4.63. The quantitative estimate of drug-likeness (QED) is 0.716. The molecule has 1 aliphatic rings. The minimum atomic E-state index is -0.206. The van der Waals surface area contributed by atoms with Crippen LogP contribution in [0.3, 0.4) is 0 Å². The number of piperazine rings is 1. The van der Waals surface area contributed by atoms with Gasteiger partial charge in [-0.05, 0) is 42.0 Å². The minimum Gasteiger partial charge on any atom is -0.468 e. The second kappa shape index (κ2) is 7.21. The topological polar surface area (TPSA) is 37.4 Å². The van der Waals surface area contributed by atoms with Crippen molar-refractivity contribution in [1.29, 1.82) is 0 Å². The molecule has 1 aromatic carbocycles. The molecule has 5 nitrogen and oxygen atoms in total. The number of hydrogen-bond acceptors (Lipinski definition) is 4. The lowest BCUT2D eigenvalue weighted by atomic mass is 10.1. The summed E-state index contributed by atoms with van der Waals surface area (Å²) in [6.07, 6.45) is 5.34. The van der Waals surface area contributed by atoms with E-state index < -0.39 is 0 Å². The summed E-state index contributed by atoms with van der Waals surface area (Å²) in [5, 5.41) is 4.28. The van der Waals surface area contributed by atoms with E-state index in [0.29, 0.717) is 0 Å². The molecule has 0 aliphatic carbocycles. The third kappa shape index (κ3) is 3.81. The lowest BCUT2D eigenvalue weighted by Crippen LogP contribution is -2.45. The van der Waals surface area contributed by atoms with E-state index in [4.69, 9.17) is 4.42 Å². The van der Waals surface area contributed by atoms with E-state index in [1.165, 1.54) is 6.07 Å². The number of hydrogen-bond donors (Lipinski definition) is 0. The van der Waals surface area contributed by atoms with Gasteiger partial charge in [0.25, 0.3) is 0 Å². The van der Waals surface area contributed by atoms with Crippen LogP contribution < -0.4 is 0 Å². The lowest BCUT2D eigenvalue weighted by molar-refractivity contribution is 0.116. The zero-order valence-corrected chi connectivity index (χ0v) is 14.0. The fourth-order valence-electron chi connectivity index (χ4n) is 3.28. The van der Waals surface area contributed by atoms with Crippen molar-refractivity contribution in [2.45, 2.75) is 13.1 Å². The first-order valence-corrected chi connectivity index (χ1v) is 8.53. The van der Waals surface area contributed by atoms with Crippen LogP contribution in [0.4, 0.5) is 4.39 Å². The molecule has 1 aliphatic heterocycles. The molecule has 0 spiro atoms. The van der Waals surface area contributed by atoms with Crippen LogP contribution in [0, 0.1) is 5.82 Å². The Morgan fingerprint density at radius 1 is 1.00 bits per heavy atom. The summed E-state index contributed by atoms with van der Waals surface area (Å²) < 4.78 is 21.0. The SMILES string of the molecule is Fc1ccc(-n2cccn2)c(CN2CCN(Cc3ccco3)CC2)c1. The fraction of sp³-hybridized carbons (Fsp3) is 0.316. The van der Waals surface area contributed by atoms with E-state index >= 15 is 0 Å². The minimum absolute atomic E-state index is 0.206. The molecule has 130 valence electrons. The third-order valence-corrected chi connectivity index (χ3v) is 4.61. The van der Waals surface area contributed by atoms with Crippen LogP contribution in [0.5, 0.6) is 0 Å². The number of halogens is 1. The normalized spacial score (nSPS) is 16.4. The van der Waals surface area contributed by atoms with Gasteiger partial charge in [-0.15, -0.1) is 0 Å². The molecule has 3 heterocycles. The van der Waals surface area contributed by atoms with E-state index in [1.54, 1.807) is 29.3 Å². The van der Waals surface area contributed by atoms with Gasteiger partial charge in [-0.1, -0.05) is 0 Å². The van der Waals surface area contributed by atoms with Gasteiger partial charge in [-0.3, -0.25) is 9.80 Å². The molecule has 0 radical (unpaired) electrons. The maximum absolute atomic E-state index is 13.7. The zero-order valence-electron chi connectivity index (χ0n) is 14.0. The number of rotatable bonds is 5. The standard InChI is InChI=1S/C19H21FN4O/c20-17-4-5-19(24-7-2-6-21-24)16(13-17)14-22-8-10-23(11-9-22)15-18-3-1-12-25-18/h1-7,12-13H,8-11,14-15H2. The van der Waals surface area contributed by atoms with Gasteiger partial charge in [0, 0.05) is 45.1 Å². The summed E-state index contributed by atoms with van der Waals surface area (Å²) in [6.45, 7) is 5.44. The molecule has 4 rings (SSSR count). The van der Waals surface area contributed by atoms with Crippen LogP contribution in [0.25, 0.3) is 5.69 Å². The molecule has 0 N–H and O–H groups in total. The highest BCUT2D eigenvalue weighted by molar-refractivity contribution is 5.40. The van der Waals surface area contributed by atoms with Crippen molar-refractivity contribution in [3.8, 4) is 5.69 Å². The maximum Gasteiger partial charge on any atom is 0.123 e. The molecule has 25 heavy (non-hydrogen) atoms. The molecule has 0 bridgehead atoms. The molecule has 0 unspecified atom stereocenters. The average Bonchev–Trinajstić information content (AvgIpc) is 3.31. The van der Waals surface area contributed by atoms with Crippen molar-refractivity contribution < 1.29 is 8.81 Å². The highest BCUT2D eigenvalue weighted by atomic mass is 19.1. The van der Waals surface area contributed by atoms with Crippen molar-refractivity contribution in [2.75, 3.05) is 26.2 Å². The second-order valence-corrected chi connectivity index (χ2v) is 6.36. The highest BCUT2D eigenvalue weighted by Crippen LogP contribution is 2.19. The summed E-state index contributed by atoms with van der Waals surface area (Å²) in [6, 6.07) is 10.7. The monoisotopic (exact) mass is 340 g/mol. The smallest absolute Gasteiger partial charge is 0.123 e. The molecule has 0 atom stereocenters. The predicted molar refractivity (Wildman–Crippen MR) is 92.8 cm³/mol. The van der Waals surface area contributed by atoms with E-state index in [9.17, 15) is 4.39 Å². The average molecular weight is 340 g/mol. The van der Waals surface area contributed by atoms with Gasteiger partial charge in [0.05, 0.1) is 18.5 Å². The first-order valence-electron chi connectivity index (χ1n) is 8.53. The number of aromatic nitrogens is 2. The van der Waals surface area contributed by atoms with Crippen LogP contribution in [0.2, 0.25) is 0 Å². The van der Waals surface area contributed by atoms with Crippen molar-refractivity contribution >= 4 is 0 Å². The van der Waals surface area contributed by atoms with Crippen LogP contribution in [-0.4, -0.2) is 45.8 Å². The molecule has 0 saturated carbocycles. The Morgan fingerprint density at radius 3 is 2.48 bits per heavy atom. The first-order chi connectivity index (χ1) is 12.3. The summed E-state index contributed by atoms with van der Waals surface area (Å²) in [4.78, 5) is 4.75. The number of nitrogens with zero attached hydrogens (tertiary/aromatic N) is 4. The molecule has 1 fully saturated rings. The first kappa shape index (κ1) is 16.1. The molecular weight excluding hydrogens is 319 g/mol. The summed E-state index contributed by atoms with van der Waals surface area (Å²) in [7, 11) is 0. The molecular formula is C19H21FN4O. The van der Waals surface area contributed by atoms with Crippen molar-refractivity contribution in [2.24, 2.45) is 0 Å². The number of furan rings is 1. The fourth-order valence-corrected chi connectivity index (χ4v) is 3.28. The summed E-state index contributed by atoms with van der Waals surface area (Å²) >= 11 is 0. The van der Waals surface area contributed by atoms with Crippen LogP contribution in [0.15, 0.2) is 59.5 Å². The van der Waals surface area contributed by atoms with E-state index in [2.05, 4.69) is 14.9 Å². The Morgan fingerprint density at radius 2 is 1.80 bits per heavy atom.